The summed E-state index contributed by atoms with van der Waals surface area (Å²) < 4.78 is 0. The lowest BCUT2D eigenvalue weighted by Gasteiger charge is -2.05. The maximum atomic E-state index is 11.0. The van der Waals surface area contributed by atoms with E-state index in [2.05, 4.69) is 11.9 Å². The van der Waals surface area contributed by atoms with Crippen molar-refractivity contribution < 1.29 is 9.59 Å². The Kier molecular flexibility index (Phi) is 4.26. The number of rotatable bonds is 4. The first-order valence-corrected chi connectivity index (χ1v) is 3.91. The Morgan fingerprint density at radius 1 is 1.42 bits per heavy atom. The van der Waals surface area contributed by atoms with E-state index in [0.29, 0.717) is 5.57 Å². The molecule has 0 aromatic rings. The molecule has 0 spiro atoms. The Morgan fingerprint density at radius 3 is 2.25 bits per heavy atom. The predicted molar refractivity (Wildman–Crippen MR) is 47.7 cm³/mol. The van der Waals surface area contributed by atoms with Gasteiger partial charge in [0, 0.05) is 11.5 Å². The lowest BCUT2D eigenvalue weighted by Crippen LogP contribution is -2.31. The van der Waals surface area contributed by atoms with Crippen molar-refractivity contribution in [2.45, 2.75) is 20.8 Å². The van der Waals surface area contributed by atoms with E-state index >= 15 is 0 Å². The number of carbonyl (C=O) groups is 2. The summed E-state index contributed by atoms with van der Waals surface area (Å²) in [7, 11) is 0. The molecule has 0 heterocycles. The smallest absolute Gasteiger partial charge is 0.246 e. The first-order valence-electron chi connectivity index (χ1n) is 3.91. The molecule has 0 aliphatic rings. The Morgan fingerprint density at radius 2 is 1.92 bits per heavy atom. The van der Waals surface area contributed by atoms with Crippen molar-refractivity contribution >= 4 is 11.7 Å². The third-order valence-electron chi connectivity index (χ3n) is 1.45. The van der Waals surface area contributed by atoms with Crippen molar-refractivity contribution in [2.24, 2.45) is 5.92 Å². The van der Waals surface area contributed by atoms with Crippen LogP contribution in [0.2, 0.25) is 0 Å². The first kappa shape index (κ1) is 10.9. The minimum atomic E-state index is -0.260. The van der Waals surface area contributed by atoms with Crippen LogP contribution in [0.1, 0.15) is 20.8 Å². The molecule has 3 nitrogen and oxygen atoms in total. The van der Waals surface area contributed by atoms with Crippen LogP contribution in [0, 0.1) is 5.92 Å². The zero-order chi connectivity index (χ0) is 9.72. The van der Waals surface area contributed by atoms with E-state index in [-0.39, 0.29) is 24.2 Å². The molecule has 0 bridgehead atoms. The molecule has 0 saturated carbocycles. The second kappa shape index (κ2) is 4.70. The minimum Gasteiger partial charge on any atom is -0.345 e. The van der Waals surface area contributed by atoms with E-state index < -0.39 is 0 Å². The van der Waals surface area contributed by atoms with Crippen molar-refractivity contribution in [3.05, 3.63) is 12.2 Å². The third kappa shape index (κ3) is 3.91. The van der Waals surface area contributed by atoms with Crippen LogP contribution in [0.15, 0.2) is 12.2 Å². The SMILES string of the molecule is C=C(C)C(=O)NCC(=O)C(C)C. The first-order chi connectivity index (χ1) is 5.45. The van der Waals surface area contributed by atoms with Crippen LogP contribution in [0.5, 0.6) is 0 Å². The van der Waals surface area contributed by atoms with Gasteiger partial charge in [-0.05, 0) is 6.92 Å². The Bertz CT molecular complexity index is 207. The summed E-state index contributed by atoms with van der Waals surface area (Å²) in [5.41, 5.74) is 0.423. The highest BCUT2D eigenvalue weighted by atomic mass is 16.2. The second-order valence-corrected chi connectivity index (χ2v) is 3.08. The molecule has 1 amide bonds. The maximum Gasteiger partial charge on any atom is 0.246 e. The van der Waals surface area contributed by atoms with Crippen LogP contribution in [-0.4, -0.2) is 18.2 Å². The lowest BCUT2D eigenvalue weighted by atomic mass is 10.1. The standard InChI is InChI=1S/C9H15NO2/c1-6(2)8(11)5-10-9(12)7(3)4/h6H,3,5H2,1-2,4H3,(H,10,12). The fraction of sp³-hybridized carbons (Fsp3) is 0.556. The lowest BCUT2D eigenvalue weighted by molar-refractivity contribution is -0.124. The Balaban J connectivity index is 3.77. The number of hydrogen-bond acceptors (Lipinski definition) is 2. The molecule has 0 unspecified atom stereocenters. The van der Waals surface area contributed by atoms with Crippen molar-refractivity contribution in [3.8, 4) is 0 Å². The topological polar surface area (TPSA) is 46.2 Å². The van der Waals surface area contributed by atoms with Crippen LogP contribution >= 0.6 is 0 Å². The molecule has 0 radical (unpaired) electrons. The number of ketones is 1. The second-order valence-electron chi connectivity index (χ2n) is 3.08. The third-order valence-corrected chi connectivity index (χ3v) is 1.45. The zero-order valence-corrected chi connectivity index (χ0v) is 7.81. The number of hydrogen-bond donors (Lipinski definition) is 1. The predicted octanol–water partition coefficient (Wildman–Crippen LogP) is 0.904. The summed E-state index contributed by atoms with van der Waals surface area (Å²) in [6.07, 6.45) is 0. The number of carbonyl (C=O) groups excluding carboxylic acids is 2. The van der Waals surface area contributed by atoms with E-state index in [4.69, 9.17) is 0 Å². The van der Waals surface area contributed by atoms with Gasteiger partial charge in [0.15, 0.2) is 5.78 Å². The molecule has 1 N–H and O–H groups in total. The van der Waals surface area contributed by atoms with Gasteiger partial charge in [-0.1, -0.05) is 20.4 Å². The van der Waals surface area contributed by atoms with Gasteiger partial charge in [-0.3, -0.25) is 9.59 Å². The van der Waals surface area contributed by atoms with Crippen molar-refractivity contribution in [1.82, 2.24) is 5.32 Å². The summed E-state index contributed by atoms with van der Waals surface area (Å²) >= 11 is 0. The highest BCUT2D eigenvalue weighted by molar-refractivity contribution is 5.95. The van der Waals surface area contributed by atoms with Gasteiger partial charge in [0.1, 0.15) is 0 Å². The van der Waals surface area contributed by atoms with E-state index in [1.54, 1.807) is 20.8 Å². The number of Topliss-reactive ketones (excluding diaryl/α,β-unsaturated/α-hetero) is 1. The van der Waals surface area contributed by atoms with E-state index in [0.717, 1.165) is 0 Å². The summed E-state index contributed by atoms with van der Waals surface area (Å²) in [6.45, 7) is 8.76. The van der Waals surface area contributed by atoms with Crippen LogP contribution in [0.25, 0.3) is 0 Å². The molecule has 0 aliphatic carbocycles. The van der Waals surface area contributed by atoms with E-state index in [1.165, 1.54) is 0 Å². The summed E-state index contributed by atoms with van der Waals surface area (Å²) in [5, 5.41) is 2.48. The van der Waals surface area contributed by atoms with Gasteiger partial charge in [-0.2, -0.15) is 0 Å². The molecule has 0 saturated heterocycles. The van der Waals surface area contributed by atoms with Gasteiger partial charge < -0.3 is 5.32 Å². The van der Waals surface area contributed by atoms with Crippen LogP contribution < -0.4 is 5.32 Å². The average Bonchev–Trinajstić information content (AvgIpc) is 1.98. The molecule has 0 fully saturated rings. The summed E-state index contributed by atoms with van der Waals surface area (Å²) in [6, 6.07) is 0. The highest BCUT2D eigenvalue weighted by Gasteiger charge is 2.08. The molecule has 0 aliphatic heterocycles. The summed E-state index contributed by atoms with van der Waals surface area (Å²) in [4.78, 5) is 21.9. The monoisotopic (exact) mass is 169 g/mol. The zero-order valence-electron chi connectivity index (χ0n) is 7.81. The number of nitrogens with one attached hydrogen (secondary N) is 1. The Labute approximate surface area is 72.8 Å². The van der Waals surface area contributed by atoms with Gasteiger partial charge in [0.05, 0.1) is 6.54 Å². The molecular weight excluding hydrogens is 154 g/mol. The van der Waals surface area contributed by atoms with Gasteiger partial charge in [-0.25, -0.2) is 0 Å². The average molecular weight is 169 g/mol. The highest BCUT2D eigenvalue weighted by Crippen LogP contribution is 1.93. The normalized spacial score (nSPS) is 9.67. The molecule has 0 aromatic carbocycles. The summed E-state index contributed by atoms with van der Waals surface area (Å²) in [5.74, 6) is -0.260. The molecule has 68 valence electrons. The molecular formula is C9H15NO2. The van der Waals surface area contributed by atoms with E-state index in [9.17, 15) is 9.59 Å². The minimum absolute atomic E-state index is 0.0320. The van der Waals surface area contributed by atoms with Crippen molar-refractivity contribution in [2.75, 3.05) is 6.54 Å². The maximum absolute atomic E-state index is 11.0. The van der Waals surface area contributed by atoms with Gasteiger partial charge in [0.25, 0.3) is 0 Å². The van der Waals surface area contributed by atoms with E-state index in [1.807, 2.05) is 0 Å². The van der Waals surface area contributed by atoms with Crippen LogP contribution in [-0.2, 0) is 9.59 Å². The van der Waals surface area contributed by atoms with Crippen molar-refractivity contribution in [1.29, 1.82) is 0 Å². The molecule has 12 heavy (non-hydrogen) atoms. The van der Waals surface area contributed by atoms with Crippen molar-refractivity contribution in [3.63, 3.8) is 0 Å². The molecule has 0 atom stereocenters. The van der Waals surface area contributed by atoms with Gasteiger partial charge in [-0.15, -0.1) is 0 Å². The Hall–Kier alpha value is -1.12. The van der Waals surface area contributed by atoms with Crippen LogP contribution in [0.4, 0.5) is 0 Å². The van der Waals surface area contributed by atoms with Crippen LogP contribution in [0.3, 0.4) is 0 Å². The van der Waals surface area contributed by atoms with Gasteiger partial charge >= 0.3 is 0 Å². The molecule has 3 heteroatoms. The fourth-order valence-electron chi connectivity index (χ4n) is 0.522. The quantitative estimate of drug-likeness (QED) is 0.636. The van der Waals surface area contributed by atoms with Gasteiger partial charge in [0.2, 0.25) is 5.91 Å². The largest absolute Gasteiger partial charge is 0.345 e. The molecule has 0 aromatic heterocycles. The number of amides is 1. The molecule has 0 rings (SSSR count). The fourth-order valence-corrected chi connectivity index (χ4v) is 0.522.